The van der Waals surface area contributed by atoms with Crippen molar-refractivity contribution in [2.24, 2.45) is 0 Å². The highest BCUT2D eigenvalue weighted by Gasteiger charge is 2.20. The normalized spacial score (nSPS) is 21.0. The van der Waals surface area contributed by atoms with Crippen molar-refractivity contribution >= 4 is 11.3 Å². The summed E-state index contributed by atoms with van der Waals surface area (Å²) in [6, 6.07) is 0.420. The second kappa shape index (κ2) is 4.33. The first-order chi connectivity index (χ1) is 6.77. The molecule has 1 aromatic rings. The molecule has 78 valence electrons. The van der Waals surface area contributed by atoms with Crippen LogP contribution in [0.2, 0.25) is 0 Å². The molecular formula is C9H16N4S. The van der Waals surface area contributed by atoms with Crippen LogP contribution >= 0.6 is 11.3 Å². The van der Waals surface area contributed by atoms with E-state index < -0.39 is 0 Å². The molecule has 1 unspecified atom stereocenters. The predicted octanol–water partition coefficient (Wildman–Crippen LogP) is 0.813. The average Bonchev–Trinajstić information content (AvgIpc) is 2.65. The maximum atomic E-state index is 4.20. The second-order valence-electron chi connectivity index (χ2n) is 3.62. The molecule has 1 aliphatic rings. The van der Waals surface area contributed by atoms with E-state index in [2.05, 4.69) is 27.3 Å². The third-order valence-corrected chi connectivity index (χ3v) is 3.61. The van der Waals surface area contributed by atoms with Gasteiger partial charge in [0, 0.05) is 26.2 Å². The molecule has 0 aliphatic carbocycles. The number of rotatable bonds is 2. The van der Waals surface area contributed by atoms with Gasteiger partial charge < -0.3 is 5.32 Å². The highest BCUT2D eigenvalue weighted by Crippen LogP contribution is 2.22. The zero-order valence-electron chi connectivity index (χ0n) is 8.66. The van der Waals surface area contributed by atoms with Crippen LogP contribution in [0.25, 0.3) is 0 Å². The van der Waals surface area contributed by atoms with E-state index in [1.807, 2.05) is 6.92 Å². The van der Waals surface area contributed by atoms with Gasteiger partial charge in [-0.1, -0.05) is 0 Å². The van der Waals surface area contributed by atoms with Gasteiger partial charge in [-0.05, 0) is 13.8 Å². The van der Waals surface area contributed by atoms with Crippen LogP contribution < -0.4 is 5.32 Å². The van der Waals surface area contributed by atoms with Crippen molar-refractivity contribution < 1.29 is 0 Å². The van der Waals surface area contributed by atoms with E-state index in [9.17, 15) is 0 Å². The summed E-state index contributed by atoms with van der Waals surface area (Å²) < 4.78 is 0. The van der Waals surface area contributed by atoms with Crippen molar-refractivity contribution in [1.82, 2.24) is 20.4 Å². The monoisotopic (exact) mass is 212 g/mol. The molecular weight excluding hydrogens is 196 g/mol. The molecule has 1 aliphatic heterocycles. The molecule has 2 heterocycles. The maximum absolute atomic E-state index is 4.20. The fraction of sp³-hybridized carbons (Fsp3) is 0.778. The van der Waals surface area contributed by atoms with Crippen LogP contribution in [0, 0.1) is 6.92 Å². The van der Waals surface area contributed by atoms with Crippen molar-refractivity contribution in [3.8, 4) is 0 Å². The van der Waals surface area contributed by atoms with Crippen LogP contribution in [0.15, 0.2) is 0 Å². The van der Waals surface area contributed by atoms with Crippen molar-refractivity contribution in [2.75, 3.05) is 26.2 Å². The second-order valence-corrected chi connectivity index (χ2v) is 4.83. The van der Waals surface area contributed by atoms with Crippen LogP contribution in [-0.4, -0.2) is 41.3 Å². The average molecular weight is 212 g/mol. The molecule has 1 saturated heterocycles. The molecule has 0 saturated carbocycles. The number of piperazine rings is 1. The summed E-state index contributed by atoms with van der Waals surface area (Å²) in [5.41, 5.74) is 0. The standard InChI is InChI=1S/C9H16N4S/c1-7(9-12-11-8(2)14-9)13-5-3-10-4-6-13/h7,10H,3-6H2,1-2H3. The molecule has 0 spiro atoms. The van der Waals surface area contributed by atoms with Crippen LogP contribution in [0.5, 0.6) is 0 Å². The molecule has 2 rings (SSSR count). The number of aromatic nitrogens is 2. The number of nitrogens with zero attached hydrogens (tertiary/aromatic N) is 3. The summed E-state index contributed by atoms with van der Waals surface area (Å²) in [6.07, 6.45) is 0. The Bertz CT molecular complexity index is 293. The van der Waals surface area contributed by atoms with E-state index in [1.165, 1.54) is 0 Å². The molecule has 1 fully saturated rings. The lowest BCUT2D eigenvalue weighted by atomic mass is 10.2. The van der Waals surface area contributed by atoms with Gasteiger partial charge in [0.2, 0.25) is 0 Å². The molecule has 0 radical (unpaired) electrons. The minimum atomic E-state index is 0.420. The molecule has 0 aromatic carbocycles. The largest absolute Gasteiger partial charge is 0.314 e. The fourth-order valence-electron chi connectivity index (χ4n) is 1.71. The lowest BCUT2D eigenvalue weighted by Gasteiger charge is -2.31. The highest BCUT2D eigenvalue weighted by molar-refractivity contribution is 7.11. The van der Waals surface area contributed by atoms with Gasteiger partial charge in [0.05, 0.1) is 6.04 Å². The summed E-state index contributed by atoms with van der Waals surface area (Å²) in [4.78, 5) is 2.45. The van der Waals surface area contributed by atoms with E-state index in [0.717, 1.165) is 36.2 Å². The van der Waals surface area contributed by atoms with E-state index in [0.29, 0.717) is 6.04 Å². The maximum Gasteiger partial charge on any atom is 0.134 e. The third-order valence-electron chi connectivity index (χ3n) is 2.60. The Balaban J connectivity index is 2.03. The number of nitrogens with one attached hydrogen (secondary N) is 1. The lowest BCUT2D eigenvalue weighted by molar-refractivity contribution is 0.184. The minimum Gasteiger partial charge on any atom is -0.314 e. The van der Waals surface area contributed by atoms with Crippen molar-refractivity contribution in [3.05, 3.63) is 10.0 Å². The van der Waals surface area contributed by atoms with Gasteiger partial charge in [0.15, 0.2) is 0 Å². The molecule has 0 bridgehead atoms. The molecule has 5 heteroatoms. The fourth-order valence-corrected chi connectivity index (χ4v) is 2.49. The van der Waals surface area contributed by atoms with Gasteiger partial charge in [-0.3, -0.25) is 4.90 Å². The zero-order chi connectivity index (χ0) is 9.97. The summed E-state index contributed by atoms with van der Waals surface area (Å²) in [5.74, 6) is 0. The first-order valence-electron chi connectivity index (χ1n) is 5.02. The Morgan fingerprint density at radius 1 is 1.36 bits per heavy atom. The van der Waals surface area contributed by atoms with Crippen molar-refractivity contribution in [3.63, 3.8) is 0 Å². The zero-order valence-corrected chi connectivity index (χ0v) is 9.47. The van der Waals surface area contributed by atoms with Gasteiger partial charge in [-0.15, -0.1) is 21.5 Å². The Morgan fingerprint density at radius 2 is 2.07 bits per heavy atom. The first kappa shape index (κ1) is 10.0. The predicted molar refractivity (Wildman–Crippen MR) is 57.5 cm³/mol. The summed E-state index contributed by atoms with van der Waals surface area (Å²) in [5, 5.41) is 13.8. The molecule has 0 amide bonds. The van der Waals surface area contributed by atoms with Crippen molar-refractivity contribution in [1.29, 1.82) is 0 Å². The SMILES string of the molecule is Cc1nnc(C(C)N2CCNCC2)s1. The van der Waals surface area contributed by atoms with Gasteiger partial charge in [0.1, 0.15) is 10.0 Å². The van der Waals surface area contributed by atoms with Crippen molar-refractivity contribution in [2.45, 2.75) is 19.9 Å². The molecule has 14 heavy (non-hydrogen) atoms. The lowest BCUT2D eigenvalue weighted by Crippen LogP contribution is -2.44. The number of hydrogen-bond acceptors (Lipinski definition) is 5. The Labute approximate surface area is 88.3 Å². The number of hydrogen-bond donors (Lipinski definition) is 1. The topological polar surface area (TPSA) is 41.1 Å². The van der Waals surface area contributed by atoms with Gasteiger partial charge >= 0.3 is 0 Å². The minimum absolute atomic E-state index is 0.420. The van der Waals surface area contributed by atoms with E-state index in [4.69, 9.17) is 0 Å². The Morgan fingerprint density at radius 3 is 2.64 bits per heavy atom. The summed E-state index contributed by atoms with van der Waals surface area (Å²) in [7, 11) is 0. The van der Waals surface area contributed by atoms with Crippen LogP contribution in [0.3, 0.4) is 0 Å². The first-order valence-corrected chi connectivity index (χ1v) is 5.84. The van der Waals surface area contributed by atoms with Gasteiger partial charge in [0.25, 0.3) is 0 Å². The van der Waals surface area contributed by atoms with E-state index >= 15 is 0 Å². The highest BCUT2D eigenvalue weighted by atomic mass is 32.1. The number of aryl methyl sites for hydroxylation is 1. The van der Waals surface area contributed by atoms with E-state index in [1.54, 1.807) is 11.3 Å². The van der Waals surface area contributed by atoms with E-state index in [-0.39, 0.29) is 0 Å². The molecule has 1 aromatic heterocycles. The third kappa shape index (κ3) is 2.10. The Hall–Kier alpha value is -0.520. The smallest absolute Gasteiger partial charge is 0.134 e. The van der Waals surface area contributed by atoms with Crippen LogP contribution in [0.4, 0.5) is 0 Å². The van der Waals surface area contributed by atoms with Crippen LogP contribution in [-0.2, 0) is 0 Å². The van der Waals surface area contributed by atoms with Gasteiger partial charge in [-0.2, -0.15) is 0 Å². The molecule has 4 nitrogen and oxygen atoms in total. The summed E-state index contributed by atoms with van der Waals surface area (Å²) in [6.45, 7) is 8.61. The van der Waals surface area contributed by atoms with Crippen LogP contribution in [0.1, 0.15) is 23.0 Å². The Kier molecular flexibility index (Phi) is 3.10. The quantitative estimate of drug-likeness (QED) is 0.788. The molecule has 1 N–H and O–H groups in total. The molecule has 1 atom stereocenters. The summed E-state index contributed by atoms with van der Waals surface area (Å²) >= 11 is 1.71. The van der Waals surface area contributed by atoms with Gasteiger partial charge in [-0.25, -0.2) is 0 Å².